The van der Waals surface area contributed by atoms with Gasteiger partial charge in [0.2, 0.25) is 0 Å². The summed E-state index contributed by atoms with van der Waals surface area (Å²) in [6.45, 7) is 3.67. The molecule has 1 unspecified atom stereocenters. The standard InChI is InChI=1S/C11H11BrN2/c1-2-9(13)11-6-7-5-8(12)3-4-10(7)14-11/h2-6,9,14H,1,13H2. The maximum Gasteiger partial charge on any atom is 0.0631 e. The number of benzene rings is 1. The van der Waals surface area contributed by atoms with Crippen molar-refractivity contribution in [1.82, 2.24) is 4.98 Å². The third kappa shape index (κ3) is 1.61. The predicted octanol–water partition coefficient (Wildman–Crippen LogP) is 3.12. The van der Waals surface area contributed by atoms with Crippen molar-refractivity contribution in [3.05, 3.63) is 47.1 Å². The van der Waals surface area contributed by atoms with Crippen LogP contribution in [0.5, 0.6) is 0 Å². The summed E-state index contributed by atoms with van der Waals surface area (Å²) >= 11 is 3.43. The number of fused-ring (bicyclic) bond motifs is 1. The first-order valence-corrected chi connectivity index (χ1v) is 5.16. The van der Waals surface area contributed by atoms with Crippen LogP contribution >= 0.6 is 15.9 Å². The molecule has 0 radical (unpaired) electrons. The molecule has 0 aliphatic rings. The SMILES string of the molecule is C=CC(N)c1cc2cc(Br)ccc2[nH]1. The van der Waals surface area contributed by atoms with Crippen LogP contribution < -0.4 is 5.73 Å². The van der Waals surface area contributed by atoms with Crippen LogP contribution in [0.2, 0.25) is 0 Å². The average Bonchev–Trinajstić information content (AvgIpc) is 2.59. The van der Waals surface area contributed by atoms with Crippen LogP contribution in [0.25, 0.3) is 10.9 Å². The molecule has 0 aliphatic heterocycles. The highest BCUT2D eigenvalue weighted by molar-refractivity contribution is 9.10. The van der Waals surface area contributed by atoms with Crippen LogP contribution in [-0.4, -0.2) is 4.98 Å². The molecule has 0 saturated carbocycles. The summed E-state index contributed by atoms with van der Waals surface area (Å²) in [5, 5.41) is 1.16. The van der Waals surface area contributed by atoms with E-state index in [1.807, 2.05) is 18.2 Å². The summed E-state index contributed by atoms with van der Waals surface area (Å²) in [5.41, 5.74) is 7.93. The molecule has 1 aromatic heterocycles. The Morgan fingerprint density at radius 2 is 2.21 bits per heavy atom. The van der Waals surface area contributed by atoms with Gasteiger partial charge in [0, 0.05) is 21.1 Å². The zero-order valence-electron chi connectivity index (χ0n) is 7.63. The quantitative estimate of drug-likeness (QED) is 0.791. The van der Waals surface area contributed by atoms with Crippen molar-refractivity contribution in [2.24, 2.45) is 5.73 Å². The van der Waals surface area contributed by atoms with Gasteiger partial charge in [0.1, 0.15) is 0 Å². The highest BCUT2D eigenvalue weighted by atomic mass is 79.9. The Morgan fingerprint density at radius 1 is 1.43 bits per heavy atom. The highest BCUT2D eigenvalue weighted by Crippen LogP contribution is 2.22. The van der Waals surface area contributed by atoms with E-state index >= 15 is 0 Å². The predicted molar refractivity (Wildman–Crippen MR) is 63.1 cm³/mol. The van der Waals surface area contributed by atoms with Gasteiger partial charge in [-0.05, 0) is 24.3 Å². The summed E-state index contributed by atoms with van der Waals surface area (Å²) in [6, 6.07) is 8.01. The average molecular weight is 251 g/mol. The van der Waals surface area contributed by atoms with Crippen molar-refractivity contribution in [3.8, 4) is 0 Å². The lowest BCUT2D eigenvalue weighted by Gasteiger charge is -2.00. The Kier molecular flexibility index (Phi) is 2.44. The van der Waals surface area contributed by atoms with Crippen molar-refractivity contribution < 1.29 is 0 Å². The van der Waals surface area contributed by atoms with E-state index in [-0.39, 0.29) is 6.04 Å². The fourth-order valence-electron chi connectivity index (χ4n) is 1.43. The van der Waals surface area contributed by atoms with E-state index in [4.69, 9.17) is 5.73 Å². The highest BCUT2D eigenvalue weighted by Gasteiger charge is 2.05. The molecule has 3 N–H and O–H groups in total. The summed E-state index contributed by atoms with van der Waals surface area (Å²) in [5.74, 6) is 0. The lowest BCUT2D eigenvalue weighted by molar-refractivity contribution is 0.880. The van der Waals surface area contributed by atoms with Gasteiger partial charge in [0.15, 0.2) is 0 Å². The molecule has 2 nitrogen and oxygen atoms in total. The minimum absolute atomic E-state index is 0.124. The second-order valence-corrected chi connectivity index (χ2v) is 4.13. The number of H-pyrrole nitrogens is 1. The lowest BCUT2D eigenvalue weighted by atomic mass is 10.2. The van der Waals surface area contributed by atoms with E-state index in [0.29, 0.717) is 0 Å². The molecule has 0 amide bonds. The number of nitrogens with two attached hydrogens (primary N) is 1. The molecule has 0 fully saturated rings. The summed E-state index contributed by atoms with van der Waals surface area (Å²) in [4.78, 5) is 3.26. The van der Waals surface area contributed by atoms with Crippen LogP contribution in [0, 0.1) is 0 Å². The van der Waals surface area contributed by atoms with Gasteiger partial charge in [0.05, 0.1) is 6.04 Å². The monoisotopic (exact) mass is 250 g/mol. The largest absolute Gasteiger partial charge is 0.357 e. The molecule has 3 heteroatoms. The molecule has 0 aliphatic carbocycles. The molecule has 2 aromatic rings. The smallest absolute Gasteiger partial charge is 0.0631 e. The van der Waals surface area contributed by atoms with Gasteiger partial charge in [0.25, 0.3) is 0 Å². The van der Waals surface area contributed by atoms with Gasteiger partial charge >= 0.3 is 0 Å². The van der Waals surface area contributed by atoms with E-state index in [0.717, 1.165) is 21.1 Å². The van der Waals surface area contributed by atoms with E-state index in [2.05, 4.69) is 33.6 Å². The lowest BCUT2D eigenvalue weighted by Crippen LogP contribution is -2.06. The Labute approximate surface area is 90.9 Å². The zero-order chi connectivity index (χ0) is 10.1. The maximum absolute atomic E-state index is 5.84. The fourth-order valence-corrected chi connectivity index (χ4v) is 1.81. The maximum atomic E-state index is 5.84. The number of hydrogen-bond acceptors (Lipinski definition) is 1. The third-order valence-electron chi connectivity index (χ3n) is 2.22. The van der Waals surface area contributed by atoms with Crippen LogP contribution in [0.4, 0.5) is 0 Å². The van der Waals surface area contributed by atoms with Gasteiger partial charge < -0.3 is 10.7 Å². The molecule has 72 valence electrons. The Balaban J connectivity index is 2.56. The van der Waals surface area contributed by atoms with Crippen LogP contribution in [0.3, 0.4) is 0 Å². The van der Waals surface area contributed by atoms with Crippen LogP contribution in [-0.2, 0) is 0 Å². The van der Waals surface area contributed by atoms with E-state index in [1.165, 1.54) is 0 Å². The number of aromatic amines is 1. The third-order valence-corrected chi connectivity index (χ3v) is 2.71. The Hall–Kier alpha value is -1.06. The first-order valence-electron chi connectivity index (χ1n) is 4.37. The summed E-state index contributed by atoms with van der Waals surface area (Å²) in [7, 11) is 0. The van der Waals surface area contributed by atoms with Crippen molar-refractivity contribution in [1.29, 1.82) is 0 Å². The number of aromatic nitrogens is 1. The molecule has 1 atom stereocenters. The Bertz CT molecular complexity index is 473. The van der Waals surface area contributed by atoms with Crippen molar-refractivity contribution in [3.63, 3.8) is 0 Å². The van der Waals surface area contributed by atoms with Gasteiger partial charge in [-0.2, -0.15) is 0 Å². The molecular formula is C11H11BrN2. The number of halogens is 1. The first kappa shape index (κ1) is 9.49. The first-order chi connectivity index (χ1) is 6.70. The van der Waals surface area contributed by atoms with Gasteiger partial charge in [-0.3, -0.25) is 0 Å². The van der Waals surface area contributed by atoms with Crippen LogP contribution in [0.1, 0.15) is 11.7 Å². The minimum atomic E-state index is -0.124. The second kappa shape index (κ2) is 3.59. The number of nitrogens with one attached hydrogen (secondary N) is 1. The molecule has 0 spiro atoms. The zero-order valence-corrected chi connectivity index (χ0v) is 9.21. The van der Waals surface area contributed by atoms with Gasteiger partial charge in [-0.1, -0.05) is 22.0 Å². The molecule has 2 rings (SSSR count). The van der Waals surface area contributed by atoms with Gasteiger partial charge in [-0.25, -0.2) is 0 Å². The topological polar surface area (TPSA) is 41.8 Å². The van der Waals surface area contributed by atoms with E-state index in [9.17, 15) is 0 Å². The number of hydrogen-bond donors (Lipinski definition) is 2. The summed E-state index contributed by atoms with van der Waals surface area (Å²) < 4.78 is 1.07. The van der Waals surface area contributed by atoms with Crippen LogP contribution in [0.15, 0.2) is 41.4 Å². The normalized spacial score (nSPS) is 13.0. The molecular weight excluding hydrogens is 240 g/mol. The second-order valence-electron chi connectivity index (χ2n) is 3.22. The molecule has 0 bridgehead atoms. The van der Waals surface area contributed by atoms with Crippen molar-refractivity contribution in [2.45, 2.75) is 6.04 Å². The minimum Gasteiger partial charge on any atom is -0.357 e. The fraction of sp³-hybridized carbons (Fsp3) is 0.0909. The number of rotatable bonds is 2. The van der Waals surface area contributed by atoms with E-state index < -0.39 is 0 Å². The van der Waals surface area contributed by atoms with Crippen molar-refractivity contribution in [2.75, 3.05) is 0 Å². The summed E-state index contributed by atoms with van der Waals surface area (Å²) in [6.07, 6.45) is 1.72. The molecule has 1 heterocycles. The van der Waals surface area contributed by atoms with Crippen molar-refractivity contribution >= 4 is 26.8 Å². The molecule has 14 heavy (non-hydrogen) atoms. The van der Waals surface area contributed by atoms with Gasteiger partial charge in [-0.15, -0.1) is 6.58 Å². The molecule has 0 saturated heterocycles. The van der Waals surface area contributed by atoms with E-state index in [1.54, 1.807) is 6.08 Å². The molecule has 1 aromatic carbocycles. The Morgan fingerprint density at radius 3 is 2.93 bits per heavy atom.